The number of hydrogen-bond acceptors (Lipinski definition) is 1. The Labute approximate surface area is 248 Å². The van der Waals surface area contributed by atoms with Crippen molar-refractivity contribution in [3.63, 3.8) is 0 Å². The molecule has 0 saturated carbocycles. The van der Waals surface area contributed by atoms with Crippen LogP contribution in [0.5, 0.6) is 5.75 Å². The van der Waals surface area contributed by atoms with E-state index in [2.05, 4.69) is 4.74 Å². The molecular formula is C34H27F9O. The number of alkyl halides is 3. The van der Waals surface area contributed by atoms with Gasteiger partial charge in [-0.1, -0.05) is 68.3 Å². The van der Waals surface area contributed by atoms with E-state index in [4.69, 9.17) is 0 Å². The second kappa shape index (κ2) is 14.1. The fraction of sp³-hybridized carbons (Fsp3) is 0.235. The molecule has 44 heavy (non-hydrogen) atoms. The number of unbranched alkanes of at least 4 members (excludes halogenated alkanes) is 2. The van der Waals surface area contributed by atoms with Crippen LogP contribution >= 0.6 is 0 Å². The van der Waals surface area contributed by atoms with Crippen LogP contribution in [0.3, 0.4) is 0 Å². The lowest BCUT2D eigenvalue weighted by Gasteiger charge is -2.12. The zero-order valence-corrected chi connectivity index (χ0v) is 23.5. The van der Waals surface area contributed by atoms with Crippen molar-refractivity contribution in [2.75, 3.05) is 0 Å². The first-order valence-corrected chi connectivity index (χ1v) is 13.8. The molecule has 0 aliphatic heterocycles. The minimum absolute atomic E-state index is 0.0106. The molecule has 0 atom stereocenters. The van der Waals surface area contributed by atoms with Gasteiger partial charge in [0.05, 0.1) is 0 Å². The van der Waals surface area contributed by atoms with Gasteiger partial charge in [-0.05, 0) is 71.3 Å². The van der Waals surface area contributed by atoms with Crippen LogP contribution in [0.1, 0.15) is 49.3 Å². The van der Waals surface area contributed by atoms with Gasteiger partial charge in [-0.2, -0.15) is 0 Å². The molecule has 0 aromatic heterocycles. The summed E-state index contributed by atoms with van der Waals surface area (Å²) in [6.07, 6.45) is -3.15. The Kier molecular flexibility index (Phi) is 10.4. The van der Waals surface area contributed by atoms with E-state index in [1.54, 1.807) is 18.2 Å². The Morgan fingerprint density at radius 2 is 1.27 bits per heavy atom. The number of benzene rings is 4. The predicted octanol–water partition coefficient (Wildman–Crippen LogP) is 11.4. The standard InChI is InChI=1S/C34H27F9O/c1-2-3-4-5-27(35)32(40)23-11-8-21(9-12-23)24-14-15-26(29(37)18-24)25-13-10-22(28(36)19-25)7-6-20-16-30(38)33(31(39)17-20)44-34(41,42)43/h8-19H,2-7H2,1H3. The summed E-state index contributed by atoms with van der Waals surface area (Å²) < 4.78 is 127. The van der Waals surface area contributed by atoms with E-state index in [0.29, 0.717) is 29.7 Å². The highest BCUT2D eigenvalue weighted by Gasteiger charge is 2.34. The lowest BCUT2D eigenvalue weighted by molar-refractivity contribution is -0.276. The Morgan fingerprint density at radius 3 is 1.86 bits per heavy atom. The molecule has 4 aromatic carbocycles. The molecule has 0 heterocycles. The van der Waals surface area contributed by atoms with Gasteiger partial charge in [0, 0.05) is 17.5 Å². The molecule has 0 amide bonds. The van der Waals surface area contributed by atoms with Gasteiger partial charge in [0.25, 0.3) is 0 Å². The highest BCUT2D eigenvalue weighted by atomic mass is 19.4. The van der Waals surface area contributed by atoms with E-state index in [9.17, 15) is 35.1 Å². The Hall–Kier alpha value is -4.21. The molecule has 0 radical (unpaired) electrons. The van der Waals surface area contributed by atoms with E-state index < -0.39 is 47.0 Å². The molecule has 0 bridgehead atoms. The smallest absolute Gasteiger partial charge is 0.399 e. The van der Waals surface area contributed by atoms with Gasteiger partial charge >= 0.3 is 6.36 Å². The third-order valence-electron chi connectivity index (χ3n) is 7.00. The largest absolute Gasteiger partial charge is 0.573 e. The third kappa shape index (κ3) is 8.24. The molecular weight excluding hydrogens is 595 g/mol. The highest BCUT2D eigenvalue weighted by molar-refractivity contribution is 5.73. The predicted molar refractivity (Wildman–Crippen MR) is 151 cm³/mol. The average molecular weight is 623 g/mol. The molecule has 0 aliphatic rings. The van der Waals surface area contributed by atoms with Gasteiger partial charge in [0.1, 0.15) is 17.5 Å². The lowest BCUT2D eigenvalue weighted by Crippen LogP contribution is -2.19. The van der Waals surface area contributed by atoms with Crippen molar-refractivity contribution < 1.29 is 44.3 Å². The summed E-state index contributed by atoms with van der Waals surface area (Å²) in [6, 6.07) is 15.5. The minimum atomic E-state index is -5.27. The number of allylic oxidation sites excluding steroid dienone is 1. The van der Waals surface area contributed by atoms with Gasteiger partial charge in [0.15, 0.2) is 17.5 Å². The van der Waals surface area contributed by atoms with Crippen LogP contribution in [0.25, 0.3) is 28.1 Å². The lowest BCUT2D eigenvalue weighted by atomic mass is 9.96. The van der Waals surface area contributed by atoms with Crippen molar-refractivity contribution in [3.05, 3.63) is 119 Å². The quantitative estimate of drug-likeness (QED) is 0.119. The number of aryl methyl sites for hydroxylation is 2. The van der Waals surface area contributed by atoms with E-state index in [0.717, 1.165) is 18.9 Å². The molecule has 0 aliphatic carbocycles. The summed E-state index contributed by atoms with van der Waals surface area (Å²) in [7, 11) is 0. The van der Waals surface area contributed by atoms with Crippen molar-refractivity contribution in [1.29, 1.82) is 0 Å². The normalized spacial score (nSPS) is 12.3. The molecule has 232 valence electrons. The van der Waals surface area contributed by atoms with Crippen molar-refractivity contribution in [2.24, 2.45) is 0 Å². The van der Waals surface area contributed by atoms with E-state index in [1.807, 2.05) is 6.92 Å². The maximum atomic E-state index is 15.1. The van der Waals surface area contributed by atoms with Gasteiger partial charge < -0.3 is 4.74 Å². The summed E-state index contributed by atoms with van der Waals surface area (Å²) in [4.78, 5) is 0. The van der Waals surface area contributed by atoms with Gasteiger partial charge in [0.2, 0.25) is 5.75 Å². The van der Waals surface area contributed by atoms with Crippen molar-refractivity contribution in [3.8, 4) is 28.0 Å². The number of halogens is 9. The van der Waals surface area contributed by atoms with Crippen molar-refractivity contribution in [2.45, 2.75) is 51.8 Å². The van der Waals surface area contributed by atoms with Crippen LogP contribution in [0.15, 0.2) is 78.6 Å². The second-order valence-electron chi connectivity index (χ2n) is 10.2. The van der Waals surface area contributed by atoms with Gasteiger partial charge in [-0.15, -0.1) is 13.2 Å². The summed E-state index contributed by atoms with van der Waals surface area (Å²) in [5.74, 6) is -7.76. The zero-order valence-electron chi connectivity index (χ0n) is 23.5. The van der Waals surface area contributed by atoms with Crippen LogP contribution < -0.4 is 4.74 Å². The first-order valence-electron chi connectivity index (χ1n) is 13.8. The second-order valence-corrected chi connectivity index (χ2v) is 10.2. The summed E-state index contributed by atoms with van der Waals surface area (Å²) in [6.45, 7) is 1.97. The van der Waals surface area contributed by atoms with Crippen LogP contribution in [0.2, 0.25) is 0 Å². The Morgan fingerprint density at radius 1 is 0.659 bits per heavy atom. The van der Waals surface area contributed by atoms with Gasteiger partial charge in [-0.25, -0.2) is 26.3 Å². The highest BCUT2D eigenvalue weighted by Crippen LogP contribution is 2.33. The molecule has 4 aromatic rings. The topological polar surface area (TPSA) is 9.23 Å². The molecule has 0 unspecified atom stereocenters. The Balaban J connectivity index is 1.45. The van der Waals surface area contributed by atoms with Gasteiger partial charge in [-0.3, -0.25) is 0 Å². The molecule has 0 fully saturated rings. The Bertz CT molecular complexity index is 1620. The maximum absolute atomic E-state index is 15.1. The minimum Gasteiger partial charge on any atom is -0.399 e. The zero-order chi connectivity index (χ0) is 32.0. The SMILES string of the molecule is CCCCCC(F)=C(F)c1ccc(-c2ccc(-c3ccc(CCc4cc(F)c(OC(F)(F)F)c(F)c4)c(F)c3)c(F)c2)cc1. The summed E-state index contributed by atoms with van der Waals surface area (Å²) in [5.41, 5.74) is 1.57. The van der Waals surface area contributed by atoms with Crippen molar-refractivity contribution >= 4 is 5.83 Å². The molecule has 1 nitrogen and oxygen atoms in total. The van der Waals surface area contributed by atoms with Crippen LogP contribution in [-0.2, 0) is 12.8 Å². The van der Waals surface area contributed by atoms with E-state index >= 15 is 4.39 Å². The first-order chi connectivity index (χ1) is 20.9. The third-order valence-corrected chi connectivity index (χ3v) is 7.00. The summed E-state index contributed by atoms with van der Waals surface area (Å²) >= 11 is 0. The molecule has 0 spiro atoms. The van der Waals surface area contributed by atoms with Crippen LogP contribution in [-0.4, -0.2) is 6.36 Å². The number of ether oxygens (including phenoxy) is 1. The monoisotopic (exact) mass is 622 g/mol. The maximum Gasteiger partial charge on any atom is 0.573 e. The van der Waals surface area contributed by atoms with Crippen molar-refractivity contribution in [1.82, 2.24) is 0 Å². The molecule has 0 saturated heterocycles. The van der Waals surface area contributed by atoms with E-state index in [-0.39, 0.29) is 47.1 Å². The first kappa shape index (κ1) is 32.7. The molecule has 4 rings (SSSR count). The molecule has 0 N–H and O–H groups in total. The summed E-state index contributed by atoms with van der Waals surface area (Å²) in [5, 5.41) is 0. The van der Waals surface area contributed by atoms with Crippen LogP contribution in [0.4, 0.5) is 39.5 Å². The van der Waals surface area contributed by atoms with Crippen LogP contribution in [0, 0.1) is 23.3 Å². The average Bonchev–Trinajstić information content (AvgIpc) is 2.97. The fourth-order valence-corrected chi connectivity index (χ4v) is 4.70. The molecule has 10 heteroatoms. The van der Waals surface area contributed by atoms with E-state index in [1.165, 1.54) is 36.4 Å². The fourth-order valence-electron chi connectivity index (χ4n) is 4.70. The number of hydrogen-bond donors (Lipinski definition) is 0. The number of rotatable bonds is 11.